The Morgan fingerprint density at radius 2 is 2.04 bits per heavy atom. The maximum Gasteiger partial charge on any atom is 0.242 e. The fourth-order valence-electron chi connectivity index (χ4n) is 2.74. The first kappa shape index (κ1) is 18.5. The second-order valence-corrected chi connectivity index (χ2v) is 6.45. The number of methoxy groups -OCH3 is 1. The van der Waals surface area contributed by atoms with E-state index in [1.165, 1.54) is 0 Å². The smallest absolute Gasteiger partial charge is 0.242 e. The second kappa shape index (κ2) is 8.87. The minimum absolute atomic E-state index is 0.0179. The highest BCUT2D eigenvalue weighted by Crippen LogP contribution is 2.31. The van der Waals surface area contributed by atoms with Gasteiger partial charge in [-0.1, -0.05) is 6.92 Å². The lowest BCUT2D eigenvalue weighted by atomic mass is 10.3. The van der Waals surface area contributed by atoms with Crippen molar-refractivity contribution in [3.05, 3.63) is 24.0 Å². The maximum atomic E-state index is 12.8. The molecule has 6 heteroatoms. The van der Waals surface area contributed by atoms with Crippen LogP contribution in [0, 0.1) is 5.92 Å². The molecule has 6 nitrogen and oxygen atoms in total. The average molecular weight is 335 g/mol. The summed E-state index contributed by atoms with van der Waals surface area (Å²) in [5, 5.41) is 0. The molecule has 1 aliphatic rings. The van der Waals surface area contributed by atoms with E-state index >= 15 is 0 Å². The zero-order valence-electron chi connectivity index (χ0n) is 15.0. The van der Waals surface area contributed by atoms with Crippen molar-refractivity contribution in [1.82, 2.24) is 14.4 Å². The van der Waals surface area contributed by atoms with Crippen LogP contribution in [0.5, 0.6) is 0 Å². The molecule has 2 amide bonds. The highest BCUT2D eigenvalue weighted by molar-refractivity contribution is 5.87. The summed E-state index contributed by atoms with van der Waals surface area (Å²) in [5.74, 6) is 0.260. The summed E-state index contributed by atoms with van der Waals surface area (Å²) >= 11 is 0. The van der Waals surface area contributed by atoms with E-state index < -0.39 is 0 Å². The maximum absolute atomic E-state index is 12.8. The van der Waals surface area contributed by atoms with Crippen LogP contribution in [0.25, 0.3) is 0 Å². The van der Waals surface area contributed by atoms with Crippen LogP contribution >= 0.6 is 0 Å². The fourth-order valence-corrected chi connectivity index (χ4v) is 2.74. The van der Waals surface area contributed by atoms with Crippen LogP contribution in [0.1, 0.15) is 31.9 Å². The Balaban J connectivity index is 2.01. The van der Waals surface area contributed by atoms with Crippen molar-refractivity contribution in [2.75, 3.05) is 33.4 Å². The Morgan fingerprint density at radius 1 is 1.29 bits per heavy atom. The zero-order valence-corrected chi connectivity index (χ0v) is 15.0. The molecule has 1 heterocycles. The molecule has 0 saturated heterocycles. The lowest BCUT2D eigenvalue weighted by Gasteiger charge is -2.27. The van der Waals surface area contributed by atoms with Gasteiger partial charge in [0.25, 0.3) is 0 Å². The van der Waals surface area contributed by atoms with E-state index in [0.717, 1.165) is 25.0 Å². The van der Waals surface area contributed by atoms with E-state index in [1.807, 2.05) is 36.9 Å². The van der Waals surface area contributed by atoms with Gasteiger partial charge >= 0.3 is 0 Å². The highest BCUT2D eigenvalue weighted by atomic mass is 16.5. The van der Waals surface area contributed by atoms with Crippen LogP contribution in [0.4, 0.5) is 0 Å². The van der Waals surface area contributed by atoms with Gasteiger partial charge in [0.1, 0.15) is 0 Å². The molecular weight excluding hydrogens is 306 g/mol. The lowest BCUT2D eigenvalue weighted by Crippen LogP contribution is -2.44. The van der Waals surface area contributed by atoms with E-state index in [0.29, 0.717) is 26.2 Å². The molecule has 0 N–H and O–H groups in total. The number of aryl methyl sites for hydroxylation is 1. The summed E-state index contributed by atoms with van der Waals surface area (Å²) in [4.78, 5) is 28.7. The fraction of sp³-hybridized carbons (Fsp3) is 0.667. The summed E-state index contributed by atoms with van der Waals surface area (Å²) in [6, 6.07) is 3.97. The first-order chi connectivity index (χ1) is 11.6. The Labute approximate surface area is 144 Å². The lowest BCUT2D eigenvalue weighted by molar-refractivity contribution is -0.142. The number of amides is 2. The van der Waals surface area contributed by atoms with Gasteiger partial charge in [-0.3, -0.25) is 9.59 Å². The molecule has 2 rings (SSSR count). The molecule has 0 aromatic carbocycles. The molecule has 24 heavy (non-hydrogen) atoms. The average Bonchev–Trinajstić information content (AvgIpc) is 3.34. The third-order valence-electron chi connectivity index (χ3n) is 4.38. The Hall–Kier alpha value is -1.82. The van der Waals surface area contributed by atoms with Crippen molar-refractivity contribution in [2.24, 2.45) is 13.0 Å². The van der Waals surface area contributed by atoms with E-state index in [4.69, 9.17) is 4.74 Å². The molecule has 1 fully saturated rings. The Bertz CT molecular complexity index is 551. The zero-order chi connectivity index (χ0) is 17.5. The van der Waals surface area contributed by atoms with Crippen LogP contribution in [-0.4, -0.2) is 59.5 Å². The molecule has 0 bridgehead atoms. The minimum Gasteiger partial charge on any atom is -0.383 e. The number of carbonyl (C=O) groups excluding carboxylic acids is 2. The van der Waals surface area contributed by atoms with Crippen LogP contribution < -0.4 is 0 Å². The van der Waals surface area contributed by atoms with Crippen molar-refractivity contribution < 1.29 is 14.3 Å². The number of aromatic nitrogens is 1. The van der Waals surface area contributed by atoms with Crippen molar-refractivity contribution in [1.29, 1.82) is 0 Å². The van der Waals surface area contributed by atoms with Crippen LogP contribution in [0.15, 0.2) is 18.3 Å². The van der Waals surface area contributed by atoms with Gasteiger partial charge < -0.3 is 19.1 Å². The molecule has 1 aliphatic carbocycles. The third kappa shape index (κ3) is 5.09. The molecule has 1 saturated carbocycles. The topological polar surface area (TPSA) is 54.8 Å². The SMILES string of the molecule is CCCN(CC(=O)N(CCOC)Cc1cccn1C)C(=O)C1CC1. The largest absolute Gasteiger partial charge is 0.383 e. The van der Waals surface area contributed by atoms with E-state index in [2.05, 4.69) is 0 Å². The summed E-state index contributed by atoms with van der Waals surface area (Å²) in [7, 11) is 3.60. The molecule has 0 unspecified atom stereocenters. The van der Waals surface area contributed by atoms with Gasteiger partial charge in [0.2, 0.25) is 11.8 Å². The minimum atomic E-state index is -0.0179. The summed E-state index contributed by atoms with van der Waals surface area (Å²) in [5.41, 5.74) is 1.06. The summed E-state index contributed by atoms with van der Waals surface area (Å²) < 4.78 is 7.15. The van der Waals surface area contributed by atoms with Gasteiger partial charge in [0.15, 0.2) is 0 Å². The monoisotopic (exact) mass is 335 g/mol. The highest BCUT2D eigenvalue weighted by Gasteiger charge is 2.34. The Morgan fingerprint density at radius 3 is 2.58 bits per heavy atom. The molecular formula is C18H29N3O3. The predicted octanol–water partition coefficient (Wildman–Crippen LogP) is 1.65. The van der Waals surface area contributed by atoms with Gasteiger partial charge in [-0.2, -0.15) is 0 Å². The standard InChI is InChI=1S/C18H29N3O3/c1-4-9-21(18(23)15-7-8-15)14-17(22)20(11-12-24-3)13-16-6-5-10-19(16)2/h5-6,10,15H,4,7-9,11-14H2,1-3H3. The van der Waals surface area contributed by atoms with E-state index in [9.17, 15) is 9.59 Å². The molecule has 134 valence electrons. The summed E-state index contributed by atoms with van der Waals surface area (Å²) in [6.07, 6.45) is 4.75. The van der Waals surface area contributed by atoms with Crippen molar-refractivity contribution in [3.8, 4) is 0 Å². The first-order valence-corrected chi connectivity index (χ1v) is 8.72. The molecule has 0 radical (unpaired) electrons. The molecule has 0 atom stereocenters. The van der Waals surface area contributed by atoms with E-state index in [-0.39, 0.29) is 24.3 Å². The normalized spacial score (nSPS) is 13.8. The second-order valence-electron chi connectivity index (χ2n) is 6.45. The van der Waals surface area contributed by atoms with Gasteiger partial charge in [0, 0.05) is 45.1 Å². The Kier molecular flexibility index (Phi) is 6.85. The number of ether oxygens (including phenoxy) is 1. The van der Waals surface area contributed by atoms with Gasteiger partial charge in [-0.25, -0.2) is 0 Å². The van der Waals surface area contributed by atoms with Gasteiger partial charge in [-0.05, 0) is 31.4 Å². The predicted molar refractivity (Wildman–Crippen MR) is 92.3 cm³/mol. The van der Waals surface area contributed by atoms with Gasteiger partial charge in [0.05, 0.1) is 19.7 Å². The van der Waals surface area contributed by atoms with Crippen molar-refractivity contribution in [2.45, 2.75) is 32.7 Å². The van der Waals surface area contributed by atoms with E-state index in [1.54, 1.807) is 16.9 Å². The quantitative estimate of drug-likeness (QED) is 0.653. The number of hydrogen-bond donors (Lipinski definition) is 0. The molecule has 1 aromatic rings. The van der Waals surface area contributed by atoms with Crippen molar-refractivity contribution in [3.63, 3.8) is 0 Å². The number of carbonyl (C=O) groups is 2. The number of hydrogen-bond acceptors (Lipinski definition) is 3. The molecule has 0 spiro atoms. The van der Waals surface area contributed by atoms with Crippen LogP contribution in [0.2, 0.25) is 0 Å². The van der Waals surface area contributed by atoms with Crippen LogP contribution in [0.3, 0.4) is 0 Å². The van der Waals surface area contributed by atoms with Crippen molar-refractivity contribution >= 4 is 11.8 Å². The first-order valence-electron chi connectivity index (χ1n) is 8.72. The number of nitrogens with zero attached hydrogens (tertiary/aromatic N) is 3. The van der Waals surface area contributed by atoms with Crippen LogP contribution in [-0.2, 0) is 27.9 Å². The van der Waals surface area contributed by atoms with Gasteiger partial charge in [-0.15, -0.1) is 0 Å². The molecule has 1 aromatic heterocycles. The number of rotatable bonds is 10. The molecule has 0 aliphatic heterocycles. The summed E-state index contributed by atoms with van der Waals surface area (Å²) in [6.45, 7) is 4.38. The third-order valence-corrected chi connectivity index (χ3v) is 4.38.